The minimum absolute atomic E-state index is 0.207. The molecule has 0 aromatic heterocycles. The molecule has 0 bridgehead atoms. The predicted octanol–water partition coefficient (Wildman–Crippen LogP) is 5.02. The van der Waals surface area contributed by atoms with E-state index in [4.69, 9.17) is 4.74 Å². The summed E-state index contributed by atoms with van der Waals surface area (Å²) in [6.45, 7) is 6.10. The van der Waals surface area contributed by atoms with Crippen LogP contribution in [-0.2, 0) is 12.8 Å². The standard InChI is InChI=1S/C18H27NO3/c1-5-8-9-10-15-13-18(22-4)16(11-14(15)6-2)12-17(7-3)19(20)21/h11-13H,5-10H2,1-4H3/b17-12+. The van der Waals surface area contributed by atoms with Gasteiger partial charge in [-0.25, -0.2) is 0 Å². The first-order valence-corrected chi connectivity index (χ1v) is 8.12. The average molecular weight is 305 g/mol. The van der Waals surface area contributed by atoms with Crippen LogP contribution in [0, 0.1) is 10.1 Å². The summed E-state index contributed by atoms with van der Waals surface area (Å²) < 4.78 is 5.45. The molecular weight excluding hydrogens is 278 g/mol. The van der Waals surface area contributed by atoms with Crippen molar-refractivity contribution in [3.8, 4) is 5.75 Å². The van der Waals surface area contributed by atoms with Gasteiger partial charge in [-0.15, -0.1) is 0 Å². The minimum atomic E-state index is -0.319. The SMILES string of the molecule is CCCCCc1cc(OC)c(/C=C(\CC)[N+](=O)[O-])cc1CC. The van der Waals surface area contributed by atoms with E-state index in [1.54, 1.807) is 20.1 Å². The van der Waals surface area contributed by atoms with Crippen LogP contribution in [0.5, 0.6) is 5.75 Å². The van der Waals surface area contributed by atoms with Gasteiger partial charge in [-0.3, -0.25) is 10.1 Å². The number of allylic oxidation sites excluding steroid dienone is 1. The van der Waals surface area contributed by atoms with E-state index in [0.717, 1.165) is 30.6 Å². The number of ether oxygens (including phenoxy) is 1. The van der Waals surface area contributed by atoms with E-state index in [0.29, 0.717) is 6.42 Å². The van der Waals surface area contributed by atoms with Crippen LogP contribution in [0.15, 0.2) is 17.8 Å². The molecular formula is C18H27NO3. The number of nitro groups is 1. The molecule has 22 heavy (non-hydrogen) atoms. The van der Waals surface area contributed by atoms with Crippen LogP contribution in [0.4, 0.5) is 0 Å². The second-order valence-corrected chi connectivity index (χ2v) is 5.42. The van der Waals surface area contributed by atoms with E-state index in [9.17, 15) is 10.1 Å². The summed E-state index contributed by atoms with van der Waals surface area (Å²) in [6, 6.07) is 4.09. The lowest BCUT2D eigenvalue weighted by Crippen LogP contribution is -2.00. The molecule has 0 fully saturated rings. The lowest BCUT2D eigenvalue weighted by Gasteiger charge is -2.13. The summed E-state index contributed by atoms with van der Waals surface area (Å²) >= 11 is 0. The molecule has 1 aromatic rings. The summed E-state index contributed by atoms with van der Waals surface area (Å²) in [7, 11) is 1.62. The molecule has 0 aliphatic carbocycles. The molecule has 0 saturated heterocycles. The molecule has 122 valence electrons. The Balaban J connectivity index is 3.21. The van der Waals surface area contributed by atoms with Crippen LogP contribution >= 0.6 is 0 Å². The van der Waals surface area contributed by atoms with Gasteiger partial charge in [0.25, 0.3) is 0 Å². The van der Waals surface area contributed by atoms with Crippen LogP contribution in [0.3, 0.4) is 0 Å². The third-order valence-electron chi connectivity index (χ3n) is 3.90. The van der Waals surface area contributed by atoms with Crippen molar-refractivity contribution in [2.75, 3.05) is 7.11 Å². The van der Waals surface area contributed by atoms with E-state index < -0.39 is 0 Å². The second-order valence-electron chi connectivity index (χ2n) is 5.42. The van der Waals surface area contributed by atoms with Crippen LogP contribution in [0.2, 0.25) is 0 Å². The Hall–Kier alpha value is -1.84. The van der Waals surface area contributed by atoms with E-state index >= 15 is 0 Å². The number of hydrogen-bond acceptors (Lipinski definition) is 3. The zero-order valence-corrected chi connectivity index (χ0v) is 14.1. The highest BCUT2D eigenvalue weighted by molar-refractivity contribution is 5.61. The van der Waals surface area contributed by atoms with Gasteiger partial charge >= 0.3 is 0 Å². The maximum absolute atomic E-state index is 11.0. The number of methoxy groups -OCH3 is 1. The zero-order valence-electron chi connectivity index (χ0n) is 14.1. The predicted molar refractivity (Wildman–Crippen MR) is 90.9 cm³/mol. The van der Waals surface area contributed by atoms with Gasteiger partial charge in [0.1, 0.15) is 5.75 Å². The monoisotopic (exact) mass is 305 g/mol. The summed E-state index contributed by atoms with van der Waals surface area (Å²) in [5.41, 5.74) is 3.55. The first-order valence-electron chi connectivity index (χ1n) is 8.12. The second kappa shape index (κ2) is 9.23. The smallest absolute Gasteiger partial charge is 0.246 e. The van der Waals surface area contributed by atoms with Gasteiger partial charge in [0, 0.05) is 18.1 Å². The van der Waals surface area contributed by atoms with Gasteiger partial charge in [-0.05, 0) is 42.5 Å². The molecule has 0 spiro atoms. The van der Waals surface area contributed by atoms with E-state index in [2.05, 4.69) is 13.8 Å². The molecule has 0 saturated carbocycles. The van der Waals surface area contributed by atoms with Crippen molar-refractivity contribution in [3.63, 3.8) is 0 Å². The maximum atomic E-state index is 11.0. The van der Waals surface area contributed by atoms with Crippen LogP contribution in [-0.4, -0.2) is 12.0 Å². The molecule has 4 nitrogen and oxygen atoms in total. The first-order chi connectivity index (χ1) is 10.6. The first kappa shape index (κ1) is 18.2. The fourth-order valence-corrected chi connectivity index (χ4v) is 2.57. The van der Waals surface area contributed by atoms with Gasteiger partial charge in [0.15, 0.2) is 0 Å². The van der Waals surface area contributed by atoms with E-state index in [1.165, 1.54) is 24.0 Å². The molecule has 0 aliphatic rings. The van der Waals surface area contributed by atoms with Crippen molar-refractivity contribution < 1.29 is 9.66 Å². The lowest BCUT2D eigenvalue weighted by molar-refractivity contribution is -0.425. The number of aryl methyl sites for hydroxylation is 2. The van der Waals surface area contributed by atoms with Crippen molar-refractivity contribution in [1.29, 1.82) is 0 Å². The Kier molecular flexibility index (Phi) is 7.64. The maximum Gasteiger partial charge on any atom is 0.246 e. The van der Waals surface area contributed by atoms with Gasteiger partial charge in [-0.2, -0.15) is 0 Å². The van der Waals surface area contributed by atoms with Crippen molar-refractivity contribution in [1.82, 2.24) is 0 Å². The molecule has 0 heterocycles. The third kappa shape index (κ3) is 4.86. The van der Waals surface area contributed by atoms with Crippen molar-refractivity contribution in [2.45, 2.75) is 59.3 Å². The molecule has 0 amide bonds. The summed E-state index contributed by atoms with van der Waals surface area (Å²) in [6.07, 6.45) is 7.57. The molecule has 0 N–H and O–H groups in total. The highest BCUT2D eigenvalue weighted by Crippen LogP contribution is 2.28. The molecule has 4 heteroatoms. The lowest BCUT2D eigenvalue weighted by atomic mass is 9.96. The molecule has 1 aromatic carbocycles. The Bertz CT molecular complexity index is 535. The Morgan fingerprint density at radius 3 is 2.45 bits per heavy atom. The van der Waals surface area contributed by atoms with Crippen LogP contribution in [0.25, 0.3) is 6.08 Å². The quantitative estimate of drug-likeness (QED) is 0.366. The molecule has 0 radical (unpaired) electrons. The third-order valence-corrected chi connectivity index (χ3v) is 3.90. The van der Waals surface area contributed by atoms with Gasteiger partial charge < -0.3 is 4.74 Å². The van der Waals surface area contributed by atoms with E-state index in [-0.39, 0.29) is 10.6 Å². The Morgan fingerprint density at radius 2 is 1.95 bits per heavy atom. The van der Waals surface area contributed by atoms with Crippen LogP contribution in [0.1, 0.15) is 63.1 Å². The topological polar surface area (TPSA) is 52.4 Å². The van der Waals surface area contributed by atoms with Gasteiger partial charge in [-0.1, -0.05) is 33.6 Å². The Labute approximate surface area is 133 Å². The Morgan fingerprint density at radius 1 is 1.23 bits per heavy atom. The number of nitrogens with zero attached hydrogens (tertiary/aromatic N) is 1. The van der Waals surface area contributed by atoms with Gasteiger partial charge in [0.2, 0.25) is 5.70 Å². The summed E-state index contributed by atoms with van der Waals surface area (Å²) in [5, 5.41) is 11.0. The summed E-state index contributed by atoms with van der Waals surface area (Å²) in [5.74, 6) is 0.719. The normalized spacial score (nSPS) is 11.5. The van der Waals surface area contributed by atoms with Crippen molar-refractivity contribution in [2.24, 2.45) is 0 Å². The summed E-state index contributed by atoms with van der Waals surface area (Å²) in [4.78, 5) is 10.7. The highest BCUT2D eigenvalue weighted by atomic mass is 16.6. The molecule has 1 rings (SSSR count). The van der Waals surface area contributed by atoms with Crippen LogP contribution < -0.4 is 4.74 Å². The molecule has 0 unspecified atom stereocenters. The largest absolute Gasteiger partial charge is 0.496 e. The van der Waals surface area contributed by atoms with Gasteiger partial charge in [0.05, 0.1) is 12.0 Å². The molecule has 0 atom stereocenters. The van der Waals surface area contributed by atoms with Crippen molar-refractivity contribution >= 4 is 6.08 Å². The fraction of sp³-hybridized carbons (Fsp3) is 0.556. The molecule has 0 aliphatic heterocycles. The van der Waals surface area contributed by atoms with Crippen molar-refractivity contribution in [3.05, 3.63) is 44.6 Å². The number of rotatable bonds is 9. The zero-order chi connectivity index (χ0) is 16.5. The number of benzene rings is 1. The highest BCUT2D eigenvalue weighted by Gasteiger charge is 2.13. The van der Waals surface area contributed by atoms with E-state index in [1.807, 2.05) is 12.1 Å². The number of unbranched alkanes of at least 4 members (excludes halogenated alkanes) is 2. The fourth-order valence-electron chi connectivity index (χ4n) is 2.57. The number of hydrogen-bond donors (Lipinski definition) is 0. The minimum Gasteiger partial charge on any atom is -0.496 e. The average Bonchev–Trinajstić information content (AvgIpc) is 2.52.